The largest absolute Gasteiger partial charge is 0.494 e. The van der Waals surface area contributed by atoms with Gasteiger partial charge in [0.05, 0.1) is 6.61 Å². The number of hydrogen-bond donors (Lipinski definition) is 1. The van der Waals surface area contributed by atoms with Crippen LogP contribution in [0.2, 0.25) is 0 Å². The van der Waals surface area contributed by atoms with Gasteiger partial charge in [-0.25, -0.2) is 0 Å². The molecule has 6 heteroatoms. The Morgan fingerprint density at radius 1 is 1.21 bits per heavy atom. The van der Waals surface area contributed by atoms with Crippen LogP contribution in [0.4, 0.5) is 0 Å². The SMILES string of the molecule is CCOc1cc(C)c(CNS(=O)(=O)N(C)C)cc1C. The van der Waals surface area contributed by atoms with E-state index in [2.05, 4.69) is 4.72 Å². The van der Waals surface area contributed by atoms with Crippen molar-refractivity contribution < 1.29 is 13.2 Å². The lowest BCUT2D eigenvalue weighted by molar-refractivity contribution is 0.337. The second-order valence-electron chi connectivity index (χ2n) is 4.59. The average molecular weight is 286 g/mol. The number of ether oxygens (including phenoxy) is 1. The predicted octanol–water partition coefficient (Wildman–Crippen LogP) is 1.60. The molecular weight excluding hydrogens is 264 g/mol. The van der Waals surface area contributed by atoms with Crippen LogP contribution in [0.15, 0.2) is 12.1 Å². The second-order valence-corrected chi connectivity index (χ2v) is 6.55. The fraction of sp³-hybridized carbons (Fsp3) is 0.538. The summed E-state index contributed by atoms with van der Waals surface area (Å²) < 4.78 is 32.5. The smallest absolute Gasteiger partial charge is 0.279 e. The average Bonchev–Trinajstić information content (AvgIpc) is 2.32. The molecule has 19 heavy (non-hydrogen) atoms. The van der Waals surface area contributed by atoms with Gasteiger partial charge >= 0.3 is 0 Å². The molecule has 0 aliphatic heterocycles. The van der Waals surface area contributed by atoms with Crippen molar-refractivity contribution in [3.63, 3.8) is 0 Å². The summed E-state index contributed by atoms with van der Waals surface area (Å²) in [5, 5.41) is 0. The summed E-state index contributed by atoms with van der Waals surface area (Å²) >= 11 is 0. The van der Waals surface area contributed by atoms with E-state index in [0.29, 0.717) is 6.61 Å². The molecule has 0 atom stereocenters. The first-order valence-electron chi connectivity index (χ1n) is 6.18. The summed E-state index contributed by atoms with van der Waals surface area (Å²) in [7, 11) is -0.397. The molecule has 0 bridgehead atoms. The monoisotopic (exact) mass is 286 g/mol. The third-order valence-electron chi connectivity index (χ3n) is 2.86. The maximum absolute atomic E-state index is 11.7. The molecule has 1 aromatic carbocycles. The van der Waals surface area contributed by atoms with E-state index in [1.807, 2.05) is 32.9 Å². The zero-order valence-corrected chi connectivity index (χ0v) is 13.0. The molecular formula is C13H22N2O3S. The number of nitrogens with one attached hydrogen (secondary N) is 1. The number of rotatable bonds is 6. The highest BCUT2D eigenvalue weighted by atomic mass is 32.2. The molecule has 0 heterocycles. The number of aryl methyl sites for hydroxylation is 2. The minimum atomic E-state index is -3.39. The van der Waals surface area contributed by atoms with Gasteiger partial charge in [0.15, 0.2) is 0 Å². The van der Waals surface area contributed by atoms with E-state index in [-0.39, 0.29) is 6.54 Å². The minimum Gasteiger partial charge on any atom is -0.494 e. The molecule has 1 aromatic rings. The molecule has 0 saturated heterocycles. The number of benzene rings is 1. The van der Waals surface area contributed by atoms with Crippen molar-refractivity contribution in [2.75, 3.05) is 20.7 Å². The third kappa shape index (κ3) is 4.19. The highest BCUT2D eigenvalue weighted by molar-refractivity contribution is 7.87. The van der Waals surface area contributed by atoms with Gasteiger partial charge in [0, 0.05) is 20.6 Å². The van der Waals surface area contributed by atoms with Gasteiger partial charge in [-0.15, -0.1) is 0 Å². The normalized spacial score (nSPS) is 11.9. The molecule has 0 aliphatic rings. The summed E-state index contributed by atoms with van der Waals surface area (Å²) in [6.07, 6.45) is 0. The Kier molecular flexibility index (Phi) is 5.34. The van der Waals surface area contributed by atoms with Gasteiger partial charge in [-0.2, -0.15) is 17.4 Å². The van der Waals surface area contributed by atoms with Gasteiger partial charge in [-0.3, -0.25) is 0 Å². The van der Waals surface area contributed by atoms with Gasteiger partial charge in [-0.05, 0) is 43.5 Å². The summed E-state index contributed by atoms with van der Waals surface area (Å²) in [5.74, 6) is 0.846. The van der Waals surface area contributed by atoms with E-state index in [1.54, 1.807) is 0 Å². The second kappa shape index (κ2) is 6.36. The first-order chi connectivity index (χ1) is 8.77. The van der Waals surface area contributed by atoms with Crippen LogP contribution in [0.25, 0.3) is 0 Å². The Bertz CT molecular complexity index is 539. The van der Waals surface area contributed by atoms with E-state index in [0.717, 1.165) is 26.7 Å². The van der Waals surface area contributed by atoms with Crippen molar-refractivity contribution >= 4 is 10.2 Å². The van der Waals surface area contributed by atoms with Crippen molar-refractivity contribution in [1.29, 1.82) is 0 Å². The van der Waals surface area contributed by atoms with E-state index < -0.39 is 10.2 Å². The van der Waals surface area contributed by atoms with E-state index in [1.165, 1.54) is 14.1 Å². The van der Waals surface area contributed by atoms with Crippen molar-refractivity contribution in [2.24, 2.45) is 0 Å². The lowest BCUT2D eigenvalue weighted by atomic mass is 10.0. The predicted molar refractivity (Wildman–Crippen MR) is 76.5 cm³/mol. The topological polar surface area (TPSA) is 58.6 Å². The van der Waals surface area contributed by atoms with Crippen molar-refractivity contribution in [2.45, 2.75) is 27.3 Å². The standard InChI is InChI=1S/C13H22N2O3S/c1-6-18-13-8-10(2)12(7-11(13)3)9-14-19(16,17)15(4)5/h7-8,14H,6,9H2,1-5H3. The van der Waals surface area contributed by atoms with E-state index in [4.69, 9.17) is 4.74 Å². The molecule has 5 nitrogen and oxygen atoms in total. The molecule has 0 spiro atoms. The van der Waals surface area contributed by atoms with Gasteiger partial charge in [0.2, 0.25) is 0 Å². The highest BCUT2D eigenvalue weighted by Crippen LogP contribution is 2.23. The van der Waals surface area contributed by atoms with Gasteiger partial charge in [0.1, 0.15) is 5.75 Å². The number of hydrogen-bond acceptors (Lipinski definition) is 3. The Hall–Kier alpha value is -1.11. The van der Waals surface area contributed by atoms with Crippen LogP contribution >= 0.6 is 0 Å². The summed E-state index contributed by atoms with van der Waals surface area (Å²) in [5.41, 5.74) is 2.97. The van der Waals surface area contributed by atoms with Crippen molar-refractivity contribution in [1.82, 2.24) is 9.03 Å². The minimum absolute atomic E-state index is 0.277. The van der Waals surface area contributed by atoms with Crippen LogP contribution < -0.4 is 9.46 Å². The molecule has 0 saturated carbocycles. The first kappa shape index (κ1) is 15.9. The van der Waals surface area contributed by atoms with Crippen molar-refractivity contribution in [3.8, 4) is 5.75 Å². The van der Waals surface area contributed by atoms with Gasteiger partial charge < -0.3 is 4.74 Å². The van der Waals surface area contributed by atoms with E-state index in [9.17, 15) is 8.42 Å². The Morgan fingerprint density at radius 3 is 2.37 bits per heavy atom. The summed E-state index contributed by atoms with van der Waals surface area (Å²) in [4.78, 5) is 0. The lowest BCUT2D eigenvalue weighted by Gasteiger charge is -2.15. The van der Waals surface area contributed by atoms with Crippen LogP contribution in [-0.4, -0.2) is 33.4 Å². The molecule has 0 unspecified atom stereocenters. The Labute approximate surface area is 115 Å². The fourth-order valence-electron chi connectivity index (χ4n) is 1.65. The van der Waals surface area contributed by atoms with Crippen LogP contribution in [0, 0.1) is 13.8 Å². The Morgan fingerprint density at radius 2 is 1.84 bits per heavy atom. The molecule has 1 rings (SSSR count). The molecule has 0 aromatic heterocycles. The molecule has 0 amide bonds. The maximum atomic E-state index is 11.7. The zero-order chi connectivity index (χ0) is 14.6. The van der Waals surface area contributed by atoms with Crippen LogP contribution in [0.5, 0.6) is 5.75 Å². The third-order valence-corrected chi connectivity index (χ3v) is 4.33. The molecule has 0 radical (unpaired) electrons. The zero-order valence-electron chi connectivity index (χ0n) is 12.1. The van der Waals surface area contributed by atoms with E-state index >= 15 is 0 Å². The van der Waals surface area contributed by atoms with Crippen molar-refractivity contribution in [3.05, 3.63) is 28.8 Å². The molecule has 1 N–H and O–H groups in total. The van der Waals surface area contributed by atoms with Crippen LogP contribution in [0.3, 0.4) is 0 Å². The Balaban J connectivity index is 2.89. The molecule has 108 valence electrons. The highest BCUT2D eigenvalue weighted by Gasteiger charge is 2.13. The molecule has 0 aliphatic carbocycles. The van der Waals surface area contributed by atoms with Gasteiger partial charge in [-0.1, -0.05) is 6.07 Å². The van der Waals surface area contributed by atoms with Crippen LogP contribution in [-0.2, 0) is 16.8 Å². The summed E-state index contributed by atoms with van der Waals surface area (Å²) in [6, 6.07) is 3.90. The number of nitrogens with zero attached hydrogens (tertiary/aromatic N) is 1. The molecule has 0 fully saturated rings. The summed E-state index contributed by atoms with van der Waals surface area (Å²) in [6.45, 7) is 6.73. The quantitative estimate of drug-likeness (QED) is 0.864. The maximum Gasteiger partial charge on any atom is 0.279 e. The van der Waals surface area contributed by atoms with Crippen LogP contribution in [0.1, 0.15) is 23.6 Å². The van der Waals surface area contributed by atoms with Gasteiger partial charge in [0.25, 0.3) is 10.2 Å². The first-order valence-corrected chi connectivity index (χ1v) is 7.62. The lowest BCUT2D eigenvalue weighted by Crippen LogP contribution is -2.35. The fourth-order valence-corrected chi connectivity index (χ4v) is 2.25.